The van der Waals surface area contributed by atoms with Crippen molar-refractivity contribution >= 4 is 28.6 Å². The van der Waals surface area contributed by atoms with Crippen molar-refractivity contribution in [1.29, 1.82) is 0 Å². The Bertz CT molecular complexity index is 1770. The lowest BCUT2D eigenvalue weighted by molar-refractivity contribution is -0.132. The number of amides is 2. The molecular formula is C40H49N5O6. The summed E-state index contributed by atoms with van der Waals surface area (Å²) >= 11 is 0. The Kier molecular flexibility index (Phi) is 12.5. The van der Waals surface area contributed by atoms with Gasteiger partial charge in [0.05, 0.1) is 37.9 Å². The number of benzene rings is 2. The predicted octanol–water partition coefficient (Wildman–Crippen LogP) is 4.28. The van der Waals surface area contributed by atoms with Crippen LogP contribution in [0.15, 0.2) is 77.3 Å². The van der Waals surface area contributed by atoms with Crippen LogP contribution in [-0.2, 0) is 32.0 Å². The maximum atomic E-state index is 13.5. The van der Waals surface area contributed by atoms with Crippen LogP contribution in [0.4, 0.5) is 0 Å². The fourth-order valence-electron chi connectivity index (χ4n) is 6.69. The zero-order valence-electron chi connectivity index (χ0n) is 29.6. The highest BCUT2D eigenvalue weighted by Crippen LogP contribution is 2.25. The lowest BCUT2D eigenvalue weighted by atomic mass is 10.0. The van der Waals surface area contributed by atoms with E-state index in [4.69, 9.17) is 13.9 Å². The van der Waals surface area contributed by atoms with Crippen LogP contribution in [0, 0.1) is 5.92 Å². The molecule has 11 nitrogen and oxygen atoms in total. The summed E-state index contributed by atoms with van der Waals surface area (Å²) in [5.74, 6) is 0.380. The number of pyridine rings is 1. The number of ketones is 1. The normalized spacial score (nSPS) is 18.0. The quantitative estimate of drug-likeness (QED) is 0.199. The number of furan rings is 1. The largest absolute Gasteiger partial charge is 0.492 e. The summed E-state index contributed by atoms with van der Waals surface area (Å²) in [5.41, 5.74) is 3.85. The molecule has 2 aromatic carbocycles. The number of morpholine rings is 1. The zero-order chi connectivity index (χ0) is 35.6. The number of Topliss-reactive ketones (excluding diaryl/α,β-unsaturated/α-hetero) is 1. The molecule has 11 heteroatoms. The van der Waals surface area contributed by atoms with E-state index in [1.807, 2.05) is 62.4 Å². The van der Waals surface area contributed by atoms with E-state index < -0.39 is 12.1 Å². The molecule has 51 heavy (non-hydrogen) atoms. The maximum Gasteiger partial charge on any atom is 0.243 e. The second kappa shape index (κ2) is 17.6. The van der Waals surface area contributed by atoms with Gasteiger partial charge in [0, 0.05) is 43.3 Å². The molecule has 2 atom stereocenters. The number of carbonyl (C=O) groups excluding carboxylic acids is 3. The Morgan fingerprint density at radius 2 is 1.84 bits per heavy atom. The van der Waals surface area contributed by atoms with Gasteiger partial charge in [0.15, 0.2) is 5.78 Å². The minimum atomic E-state index is -0.785. The Balaban J connectivity index is 0.973. The summed E-state index contributed by atoms with van der Waals surface area (Å²) in [6, 6.07) is 20.3. The fraction of sp³-hybridized carbons (Fsp3) is 0.450. The Labute approximate surface area is 299 Å². The summed E-state index contributed by atoms with van der Waals surface area (Å²) in [6.45, 7) is 10.3. The van der Waals surface area contributed by atoms with E-state index in [1.54, 1.807) is 6.20 Å². The number of nitrogens with one attached hydrogen (secondary N) is 2. The van der Waals surface area contributed by atoms with E-state index in [-0.39, 0.29) is 36.5 Å². The van der Waals surface area contributed by atoms with Crippen molar-refractivity contribution in [2.75, 3.05) is 59.1 Å². The number of likely N-dealkylation sites (tertiary alicyclic amines) is 1. The first-order valence-corrected chi connectivity index (χ1v) is 18.1. The molecule has 270 valence electrons. The fourth-order valence-corrected chi connectivity index (χ4v) is 6.69. The minimum absolute atomic E-state index is 0.0105. The minimum Gasteiger partial charge on any atom is -0.492 e. The Morgan fingerprint density at radius 3 is 2.65 bits per heavy atom. The molecule has 2 aliphatic heterocycles. The van der Waals surface area contributed by atoms with Crippen molar-refractivity contribution < 1.29 is 28.3 Å². The Morgan fingerprint density at radius 1 is 0.980 bits per heavy atom. The standard InChI is InChI=1S/C40H49N5O6/c1-28(2)39(43-38(47)26-33-25-31-24-32(11-12-37(31)51-33)50-22-19-44-17-20-49-21-18-44)40(48)42-35-10-6-15-45(27-36(35)46)16-13-29-7-5-8-30(23-29)34-9-3-4-14-41-34/h3-5,7-9,11-12,14,23-25,28,35,39H,6,10,13,15-22,26-27H2,1-2H3,(H,42,48)(H,43,47). The molecule has 0 spiro atoms. The van der Waals surface area contributed by atoms with E-state index in [9.17, 15) is 14.4 Å². The van der Waals surface area contributed by atoms with Gasteiger partial charge in [0.1, 0.15) is 29.7 Å². The molecule has 4 heterocycles. The smallest absolute Gasteiger partial charge is 0.243 e. The van der Waals surface area contributed by atoms with Gasteiger partial charge in [-0.2, -0.15) is 0 Å². The molecule has 0 bridgehead atoms. The second-order valence-corrected chi connectivity index (χ2v) is 13.8. The molecule has 0 aliphatic carbocycles. The molecule has 4 aromatic rings. The van der Waals surface area contributed by atoms with Gasteiger partial charge in [-0.25, -0.2) is 0 Å². The van der Waals surface area contributed by atoms with Gasteiger partial charge in [-0.05, 0) is 79.8 Å². The lowest BCUT2D eigenvalue weighted by Crippen LogP contribution is -2.54. The summed E-state index contributed by atoms with van der Waals surface area (Å²) in [4.78, 5) is 48.9. The van der Waals surface area contributed by atoms with Crippen molar-refractivity contribution in [2.24, 2.45) is 5.92 Å². The van der Waals surface area contributed by atoms with Gasteiger partial charge in [-0.15, -0.1) is 0 Å². The third-order valence-corrected chi connectivity index (χ3v) is 9.58. The highest BCUT2D eigenvalue weighted by atomic mass is 16.5. The average molecular weight is 696 g/mol. The number of hydrogen-bond acceptors (Lipinski definition) is 9. The highest BCUT2D eigenvalue weighted by molar-refractivity contribution is 5.94. The second-order valence-electron chi connectivity index (χ2n) is 13.8. The van der Waals surface area contributed by atoms with Crippen LogP contribution >= 0.6 is 0 Å². The first-order chi connectivity index (χ1) is 24.8. The van der Waals surface area contributed by atoms with Crippen LogP contribution in [-0.4, -0.2) is 104 Å². The van der Waals surface area contributed by atoms with Crippen molar-refractivity contribution in [2.45, 2.75) is 51.6 Å². The van der Waals surface area contributed by atoms with Crippen LogP contribution in [0.2, 0.25) is 0 Å². The number of rotatable bonds is 14. The first kappa shape index (κ1) is 36.2. The summed E-state index contributed by atoms with van der Waals surface area (Å²) in [6.07, 6.45) is 3.94. The molecule has 0 radical (unpaired) electrons. The van der Waals surface area contributed by atoms with E-state index in [2.05, 4.69) is 43.6 Å². The number of ether oxygens (including phenoxy) is 2. The summed E-state index contributed by atoms with van der Waals surface area (Å²) in [5, 5.41) is 6.69. The number of carbonyl (C=O) groups is 3. The highest BCUT2D eigenvalue weighted by Gasteiger charge is 2.31. The van der Waals surface area contributed by atoms with E-state index in [1.165, 1.54) is 5.56 Å². The average Bonchev–Trinajstić information content (AvgIpc) is 3.45. The van der Waals surface area contributed by atoms with E-state index >= 15 is 0 Å². The van der Waals surface area contributed by atoms with Gasteiger partial charge in [0.2, 0.25) is 11.8 Å². The van der Waals surface area contributed by atoms with Gasteiger partial charge in [0.25, 0.3) is 0 Å². The number of fused-ring (bicyclic) bond motifs is 1. The molecule has 2 amide bonds. The van der Waals surface area contributed by atoms with Gasteiger partial charge in [-0.3, -0.25) is 29.2 Å². The predicted molar refractivity (Wildman–Crippen MR) is 195 cm³/mol. The van der Waals surface area contributed by atoms with Crippen molar-refractivity contribution in [3.8, 4) is 17.0 Å². The maximum absolute atomic E-state index is 13.5. The number of aromatic nitrogens is 1. The van der Waals surface area contributed by atoms with E-state index in [0.717, 1.165) is 81.2 Å². The van der Waals surface area contributed by atoms with Crippen LogP contribution in [0.25, 0.3) is 22.2 Å². The molecular weight excluding hydrogens is 646 g/mol. The summed E-state index contributed by atoms with van der Waals surface area (Å²) < 4.78 is 17.3. The number of hydrogen-bond donors (Lipinski definition) is 2. The third kappa shape index (κ3) is 10.2. The molecule has 0 saturated carbocycles. The monoisotopic (exact) mass is 695 g/mol. The molecule has 6 rings (SSSR count). The molecule has 2 saturated heterocycles. The molecule has 2 N–H and O–H groups in total. The lowest BCUT2D eigenvalue weighted by Gasteiger charge is -2.26. The van der Waals surface area contributed by atoms with Crippen molar-refractivity contribution in [1.82, 2.24) is 25.4 Å². The molecule has 2 unspecified atom stereocenters. The third-order valence-electron chi connectivity index (χ3n) is 9.58. The van der Waals surface area contributed by atoms with Gasteiger partial charge < -0.3 is 24.5 Å². The van der Waals surface area contributed by atoms with Crippen LogP contribution < -0.4 is 15.4 Å². The SMILES string of the molecule is CC(C)C(NC(=O)Cc1cc2cc(OCCN3CCOCC3)ccc2o1)C(=O)NC1CCCN(CCc2cccc(-c3ccccn3)c2)CC1=O. The van der Waals surface area contributed by atoms with Crippen molar-refractivity contribution in [3.05, 3.63) is 84.3 Å². The number of nitrogens with zero attached hydrogens (tertiary/aromatic N) is 3. The molecule has 2 aliphatic rings. The Hall–Kier alpha value is -4.58. The van der Waals surface area contributed by atoms with Gasteiger partial charge in [-0.1, -0.05) is 38.1 Å². The van der Waals surface area contributed by atoms with Crippen LogP contribution in [0.1, 0.15) is 38.0 Å². The first-order valence-electron chi connectivity index (χ1n) is 18.1. The van der Waals surface area contributed by atoms with E-state index in [0.29, 0.717) is 24.4 Å². The zero-order valence-corrected chi connectivity index (χ0v) is 29.6. The van der Waals surface area contributed by atoms with Crippen LogP contribution in [0.5, 0.6) is 5.75 Å². The van der Waals surface area contributed by atoms with Crippen LogP contribution in [0.3, 0.4) is 0 Å². The molecule has 2 fully saturated rings. The summed E-state index contributed by atoms with van der Waals surface area (Å²) in [7, 11) is 0. The topological polar surface area (TPSA) is 126 Å². The van der Waals surface area contributed by atoms with Crippen molar-refractivity contribution in [3.63, 3.8) is 0 Å². The molecule has 2 aromatic heterocycles. The van der Waals surface area contributed by atoms with Gasteiger partial charge >= 0.3 is 0 Å².